The first kappa shape index (κ1) is 30.1. The van der Waals surface area contributed by atoms with E-state index >= 15 is 0 Å². The minimum absolute atomic E-state index is 0.179. The highest BCUT2D eigenvalue weighted by atomic mass is 19.3. The molecular weight excluding hydrogens is 524 g/mol. The van der Waals surface area contributed by atoms with Crippen molar-refractivity contribution >= 4 is 16.9 Å². The van der Waals surface area contributed by atoms with Crippen LogP contribution >= 0.6 is 0 Å². The van der Waals surface area contributed by atoms with Gasteiger partial charge in [-0.2, -0.15) is 26.3 Å². The van der Waals surface area contributed by atoms with E-state index in [9.17, 15) is 31.1 Å². The van der Waals surface area contributed by atoms with Crippen molar-refractivity contribution in [3.8, 4) is 17.0 Å². The first-order valence-corrected chi connectivity index (χ1v) is 12.6. The molecule has 0 saturated carbocycles. The van der Waals surface area contributed by atoms with Crippen LogP contribution in [-0.2, 0) is 22.5 Å². The number of aromatic nitrogens is 1. The Morgan fingerprint density at radius 1 is 0.923 bits per heavy atom. The first-order chi connectivity index (χ1) is 18.4. The lowest BCUT2D eigenvalue weighted by Gasteiger charge is -2.32. The summed E-state index contributed by atoms with van der Waals surface area (Å²) >= 11 is 0. The summed E-state index contributed by atoms with van der Waals surface area (Å²) in [4.78, 5) is 11.0. The van der Waals surface area contributed by atoms with Gasteiger partial charge < -0.3 is 14.0 Å². The first-order valence-electron chi connectivity index (χ1n) is 12.6. The zero-order valence-corrected chi connectivity index (χ0v) is 21.8. The highest BCUT2D eigenvalue weighted by molar-refractivity contribution is 5.88. The molecule has 0 fully saturated rings. The Labute approximate surface area is 223 Å². The standard InChI is InChI=1S/C29H31F6NO3/c1-4-7-8-15-36-24(21-11-9-20(5-2)10-12-21)16-22-13-14-23(17-25(22)36)38-18-27(30,31)29(34,35)28(32,33)19-39-26(37)6-3/h6,9-14,16-17H,3-5,7-8,15,18-19H2,1-2H3. The summed E-state index contributed by atoms with van der Waals surface area (Å²) in [6.07, 6.45) is 4.13. The van der Waals surface area contributed by atoms with E-state index in [2.05, 4.69) is 25.2 Å². The van der Waals surface area contributed by atoms with Crippen molar-refractivity contribution in [3.05, 3.63) is 66.7 Å². The number of halogens is 6. The van der Waals surface area contributed by atoms with E-state index in [4.69, 9.17) is 4.74 Å². The summed E-state index contributed by atoms with van der Waals surface area (Å²) in [6.45, 7) is 3.42. The third-order valence-corrected chi connectivity index (χ3v) is 6.42. The number of alkyl halides is 6. The van der Waals surface area contributed by atoms with Crippen LogP contribution in [-0.4, -0.2) is 41.5 Å². The lowest BCUT2D eigenvalue weighted by atomic mass is 10.1. The van der Waals surface area contributed by atoms with Gasteiger partial charge in [-0.3, -0.25) is 0 Å². The van der Waals surface area contributed by atoms with Gasteiger partial charge in [0.15, 0.2) is 13.2 Å². The molecule has 1 aromatic heterocycles. The van der Waals surface area contributed by atoms with Crippen LogP contribution < -0.4 is 4.74 Å². The van der Waals surface area contributed by atoms with Gasteiger partial charge in [-0.05, 0) is 42.2 Å². The second-order valence-electron chi connectivity index (χ2n) is 9.24. The topological polar surface area (TPSA) is 40.5 Å². The molecule has 2 aromatic carbocycles. The van der Waals surface area contributed by atoms with Crippen molar-refractivity contribution in [2.24, 2.45) is 0 Å². The molecule has 0 radical (unpaired) electrons. The molecule has 0 spiro atoms. The molecule has 212 valence electrons. The smallest absolute Gasteiger partial charge is 0.378 e. The predicted molar refractivity (Wildman–Crippen MR) is 138 cm³/mol. The molecule has 39 heavy (non-hydrogen) atoms. The molecule has 0 bridgehead atoms. The third kappa shape index (κ3) is 6.59. The Kier molecular flexibility index (Phi) is 9.40. The molecular formula is C29H31F6NO3. The number of hydrogen-bond acceptors (Lipinski definition) is 3. The van der Waals surface area contributed by atoms with Crippen LogP contribution in [0.4, 0.5) is 26.3 Å². The zero-order chi connectivity index (χ0) is 28.8. The number of rotatable bonds is 14. The minimum atomic E-state index is -5.86. The number of hydrogen-bond donors (Lipinski definition) is 0. The predicted octanol–water partition coefficient (Wildman–Crippen LogP) is 8.07. The summed E-state index contributed by atoms with van der Waals surface area (Å²) in [5.41, 5.74) is 3.65. The van der Waals surface area contributed by atoms with E-state index in [1.165, 1.54) is 17.7 Å². The monoisotopic (exact) mass is 555 g/mol. The molecule has 3 aromatic rings. The largest absolute Gasteiger partial charge is 0.487 e. The highest BCUT2D eigenvalue weighted by Crippen LogP contribution is 2.46. The fourth-order valence-electron chi connectivity index (χ4n) is 4.08. The molecule has 10 heteroatoms. The number of carbonyl (C=O) groups is 1. The Morgan fingerprint density at radius 2 is 1.59 bits per heavy atom. The van der Waals surface area contributed by atoms with Crippen molar-refractivity contribution in [3.63, 3.8) is 0 Å². The second kappa shape index (κ2) is 12.2. The average Bonchev–Trinajstić information content (AvgIpc) is 3.28. The van der Waals surface area contributed by atoms with E-state index in [0.717, 1.165) is 42.3 Å². The molecule has 3 rings (SSSR count). The van der Waals surface area contributed by atoms with Crippen molar-refractivity contribution in [2.75, 3.05) is 13.2 Å². The summed E-state index contributed by atoms with van der Waals surface area (Å²) in [5.74, 6) is -18.1. The Balaban J connectivity index is 1.87. The van der Waals surface area contributed by atoms with Crippen molar-refractivity contribution in [1.82, 2.24) is 4.57 Å². The number of esters is 1. The van der Waals surface area contributed by atoms with Gasteiger partial charge in [0.2, 0.25) is 0 Å². The fourth-order valence-corrected chi connectivity index (χ4v) is 4.08. The maximum Gasteiger partial charge on any atom is 0.378 e. The van der Waals surface area contributed by atoms with Gasteiger partial charge in [-0.15, -0.1) is 0 Å². The lowest BCUT2D eigenvalue weighted by molar-refractivity contribution is -0.322. The number of aryl methyl sites for hydroxylation is 2. The maximum atomic E-state index is 14.4. The van der Waals surface area contributed by atoms with Gasteiger partial charge in [-0.25, -0.2) is 4.79 Å². The molecule has 0 aliphatic carbocycles. The molecule has 4 nitrogen and oxygen atoms in total. The summed E-state index contributed by atoms with van der Waals surface area (Å²) < 4.78 is 95.8. The van der Waals surface area contributed by atoms with Crippen molar-refractivity contribution in [2.45, 2.75) is 63.8 Å². The summed E-state index contributed by atoms with van der Waals surface area (Å²) in [7, 11) is 0. The van der Waals surface area contributed by atoms with Gasteiger partial charge in [-0.1, -0.05) is 57.5 Å². The maximum absolute atomic E-state index is 14.4. The zero-order valence-electron chi connectivity index (χ0n) is 21.8. The summed E-state index contributed by atoms with van der Waals surface area (Å²) in [6, 6.07) is 14.3. The van der Waals surface area contributed by atoms with Crippen LogP contribution in [0.3, 0.4) is 0 Å². The molecule has 0 aliphatic heterocycles. The normalized spacial score (nSPS) is 12.5. The Hall–Kier alpha value is -3.43. The van der Waals surface area contributed by atoms with Gasteiger partial charge in [0, 0.05) is 29.8 Å². The molecule has 0 atom stereocenters. The number of unbranched alkanes of at least 4 members (excludes halogenated alkanes) is 2. The van der Waals surface area contributed by atoms with Gasteiger partial charge in [0.25, 0.3) is 0 Å². The SMILES string of the molecule is C=CC(=O)OCC(F)(F)C(F)(F)C(F)(F)COc1ccc2cc(-c3ccc(CC)cc3)n(CCCCC)c2c1. The van der Waals surface area contributed by atoms with E-state index in [1.807, 2.05) is 34.9 Å². The van der Waals surface area contributed by atoms with Crippen LogP contribution in [0.25, 0.3) is 22.2 Å². The molecule has 0 aliphatic rings. The minimum Gasteiger partial charge on any atom is -0.487 e. The van der Waals surface area contributed by atoms with Crippen LogP contribution in [0.1, 0.15) is 38.7 Å². The van der Waals surface area contributed by atoms with E-state index in [0.29, 0.717) is 18.1 Å². The molecule has 0 amide bonds. The lowest BCUT2D eigenvalue weighted by Crippen LogP contribution is -2.58. The van der Waals surface area contributed by atoms with Crippen molar-refractivity contribution < 1.29 is 40.6 Å². The Morgan fingerprint density at radius 3 is 2.21 bits per heavy atom. The molecule has 0 N–H and O–H groups in total. The van der Waals surface area contributed by atoms with Crippen LogP contribution in [0.5, 0.6) is 5.75 Å². The van der Waals surface area contributed by atoms with E-state index in [1.54, 1.807) is 6.07 Å². The van der Waals surface area contributed by atoms with Gasteiger partial charge in [0.05, 0.1) is 5.52 Å². The van der Waals surface area contributed by atoms with Gasteiger partial charge in [0.1, 0.15) is 5.75 Å². The average molecular weight is 556 g/mol. The number of nitrogens with zero attached hydrogens (tertiary/aromatic N) is 1. The van der Waals surface area contributed by atoms with Crippen molar-refractivity contribution in [1.29, 1.82) is 0 Å². The van der Waals surface area contributed by atoms with Crippen LogP contribution in [0.15, 0.2) is 61.2 Å². The fraction of sp³-hybridized carbons (Fsp3) is 0.414. The number of carbonyl (C=O) groups excluding carboxylic acids is 1. The molecule has 0 unspecified atom stereocenters. The van der Waals surface area contributed by atoms with E-state index < -0.39 is 37.0 Å². The number of benzene rings is 2. The number of fused-ring (bicyclic) bond motifs is 1. The second-order valence-corrected chi connectivity index (χ2v) is 9.24. The third-order valence-electron chi connectivity index (χ3n) is 6.42. The quantitative estimate of drug-likeness (QED) is 0.0874. The van der Waals surface area contributed by atoms with Gasteiger partial charge >= 0.3 is 23.7 Å². The molecule has 0 saturated heterocycles. The van der Waals surface area contributed by atoms with E-state index in [-0.39, 0.29) is 5.75 Å². The number of ether oxygens (including phenoxy) is 2. The Bertz CT molecular complexity index is 1280. The highest BCUT2D eigenvalue weighted by Gasteiger charge is 2.72. The summed E-state index contributed by atoms with van der Waals surface area (Å²) in [5, 5.41) is 0.779. The van der Waals surface area contributed by atoms with Crippen LogP contribution in [0, 0.1) is 0 Å². The molecule has 1 heterocycles. The van der Waals surface area contributed by atoms with Crippen LogP contribution in [0.2, 0.25) is 0 Å².